The van der Waals surface area contributed by atoms with Crippen molar-refractivity contribution in [3.63, 3.8) is 0 Å². The minimum atomic E-state index is -0.671. The summed E-state index contributed by atoms with van der Waals surface area (Å²) < 4.78 is 0. The Morgan fingerprint density at radius 1 is 1.47 bits per heavy atom. The molecule has 0 radical (unpaired) electrons. The van der Waals surface area contributed by atoms with Gasteiger partial charge in [0, 0.05) is 12.5 Å². The molecule has 0 heterocycles. The van der Waals surface area contributed by atoms with Crippen LogP contribution < -0.4 is 5.32 Å². The maximum atomic E-state index is 10.9. The van der Waals surface area contributed by atoms with Crippen molar-refractivity contribution in [3.8, 4) is 11.8 Å². The molecular weight excluding hydrogens is 190 g/mol. The third-order valence-corrected chi connectivity index (χ3v) is 1.65. The minimum Gasteiger partial charge on any atom is -0.381 e. The number of para-hydroxylation sites is 1. The van der Waals surface area contributed by atoms with E-state index in [2.05, 4.69) is 17.2 Å². The predicted octanol–water partition coefficient (Wildman–Crippen LogP) is 1.38. The SMILES string of the molecule is CC(=O)Nc1ccccc1C#CC(C)O. The van der Waals surface area contributed by atoms with Crippen molar-refractivity contribution < 1.29 is 9.90 Å². The highest BCUT2D eigenvalue weighted by Crippen LogP contribution is 2.13. The number of nitrogens with one attached hydrogen (secondary N) is 1. The fourth-order valence-electron chi connectivity index (χ4n) is 1.07. The molecule has 1 aromatic carbocycles. The standard InChI is InChI=1S/C12H13NO2/c1-9(14)7-8-11-5-3-4-6-12(11)13-10(2)15/h3-6,9,14H,1-2H3,(H,13,15). The predicted molar refractivity (Wildman–Crippen MR) is 59.3 cm³/mol. The van der Waals surface area contributed by atoms with Crippen LogP contribution in [0.3, 0.4) is 0 Å². The van der Waals surface area contributed by atoms with E-state index in [0.717, 1.165) is 0 Å². The van der Waals surface area contributed by atoms with E-state index in [1.165, 1.54) is 6.92 Å². The van der Waals surface area contributed by atoms with Crippen LogP contribution >= 0.6 is 0 Å². The molecular formula is C12H13NO2. The van der Waals surface area contributed by atoms with Crippen LogP contribution in [-0.2, 0) is 4.79 Å². The molecule has 0 aliphatic heterocycles. The molecule has 0 aliphatic rings. The molecule has 1 aromatic rings. The summed E-state index contributed by atoms with van der Waals surface area (Å²) in [5.41, 5.74) is 1.37. The van der Waals surface area contributed by atoms with E-state index in [4.69, 9.17) is 5.11 Å². The molecule has 0 aromatic heterocycles. The van der Waals surface area contributed by atoms with Crippen LogP contribution in [0.2, 0.25) is 0 Å². The van der Waals surface area contributed by atoms with E-state index >= 15 is 0 Å². The molecule has 3 heteroatoms. The Labute approximate surface area is 89.1 Å². The van der Waals surface area contributed by atoms with Gasteiger partial charge in [-0.3, -0.25) is 4.79 Å². The topological polar surface area (TPSA) is 49.3 Å². The van der Waals surface area contributed by atoms with Gasteiger partial charge in [-0.1, -0.05) is 24.0 Å². The van der Waals surface area contributed by atoms with E-state index < -0.39 is 6.10 Å². The van der Waals surface area contributed by atoms with Crippen LogP contribution in [0.4, 0.5) is 5.69 Å². The Morgan fingerprint density at radius 2 is 2.13 bits per heavy atom. The fraction of sp³-hybridized carbons (Fsp3) is 0.250. The van der Waals surface area contributed by atoms with Gasteiger partial charge in [0.25, 0.3) is 0 Å². The largest absolute Gasteiger partial charge is 0.381 e. The second kappa shape index (κ2) is 5.18. The first kappa shape index (κ1) is 11.3. The number of aliphatic hydroxyl groups excluding tert-OH is 1. The summed E-state index contributed by atoms with van der Waals surface area (Å²) in [6, 6.07) is 7.21. The number of carbonyl (C=O) groups is 1. The molecule has 2 N–H and O–H groups in total. The molecule has 1 unspecified atom stereocenters. The highest BCUT2D eigenvalue weighted by molar-refractivity contribution is 5.90. The Hall–Kier alpha value is -1.79. The van der Waals surface area contributed by atoms with Crippen molar-refractivity contribution in [2.75, 3.05) is 5.32 Å². The van der Waals surface area contributed by atoms with Crippen LogP contribution in [0.25, 0.3) is 0 Å². The van der Waals surface area contributed by atoms with E-state index in [-0.39, 0.29) is 5.91 Å². The summed E-state index contributed by atoms with van der Waals surface area (Å²) in [4.78, 5) is 10.9. The molecule has 1 amide bonds. The van der Waals surface area contributed by atoms with Crippen molar-refractivity contribution >= 4 is 11.6 Å². The number of anilines is 1. The molecule has 78 valence electrons. The maximum absolute atomic E-state index is 10.9. The van der Waals surface area contributed by atoms with Gasteiger partial charge in [-0.15, -0.1) is 0 Å². The lowest BCUT2D eigenvalue weighted by molar-refractivity contribution is -0.114. The molecule has 1 atom stereocenters. The lowest BCUT2D eigenvalue weighted by Gasteiger charge is -2.03. The fourth-order valence-corrected chi connectivity index (χ4v) is 1.07. The first-order valence-electron chi connectivity index (χ1n) is 4.66. The van der Waals surface area contributed by atoms with Crippen molar-refractivity contribution in [1.29, 1.82) is 0 Å². The van der Waals surface area contributed by atoms with Gasteiger partial charge in [0.05, 0.1) is 5.69 Å². The molecule has 15 heavy (non-hydrogen) atoms. The Bertz CT molecular complexity index is 413. The average Bonchev–Trinajstić information content (AvgIpc) is 2.15. The van der Waals surface area contributed by atoms with E-state index in [0.29, 0.717) is 11.3 Å². The second-order valence-electron chi connectivity index (χ2n) is 3.17. The summed E-state index contributed by atoms with van der Waals surface area (Å²) in [7, 11) is 0. The van der Waals surface area contributed by atoms with Gasteiger partial charge in [-0.25, -0.2) is 0 Å². The zero-order valence-corrected chi connectivity index (χ0v) is 8.74. The van der Waals surface area contributed by atoms with Gasteiger partial charge < -0.3 is 10.4 Å². The minimum absolute atomic E-state index is 0.138. The van der Waals surface area contributed by atoms with Crippen LogP contribution in [0.15, 0.2) is 24.3 Å². The van der Waals surface area contributed by atoms with Crippen molar-refractivity contribution in [3.05, 3.63) is 29.8 Å². The van der Waals surface area contributed by atoms with E-state index in [9.17, 15) is 4.79 Å². The molecule has 0 saturated heterocycles. The molecule has 0 spiro atoms. The number of carbonyl (C=O) groups excluding carboxylic acids is 1. The number of hydrogen-bond acceptors (Lipinski definition) is 2. The molecule has 1 rings (SSSR count). The smallest absolute Gasteiger partial charge is 0.221 e. The molecule has 0 saturated carbocycles. The Morgan fingerprint density at radius 3 is 2.73 bits per heavy atom. The highest BCUT2D eigenvalue weighted by atomic mass is 16.3. The monoisotopic (exact) mass is 203 g/mol. The van der Waals surface area contributed by atoms with Gasteiger partial charge in [0.15, 0.2) is 0 Å². The summed E-state index contributed by atoms with van der Waals surface area (Å²) in [5.74, 6) is 5.30. The van der Waals surface area contributed by atoms with Crippen molar-refractivity contribution in [1.82, 2.24) is 0 Å². The molecule has 0 fully saturated rings. The maximum Gasteiger partial charge on any atom is 0.221 e. The summed E-state index contributed by atoms with van der Waals surface area (Å²) in [6.07, 6.45) is -0.671. The van der Waals surface area contributed by atoms with Gasteiger partial charge in [-0.05, 0) is 19.1 Å². The number of rotatable bonds is 1. The summed E-state index contributed by atoms with van der Waals surface area (Å²) >= 11 is 0. The molecule has 3 nitrogen and oxygen atoms in total. The molecule has 0 aliphatic carbocycles. The van der Waals surface area contributed by atoms with Gasteiger partial charge >= 0.3 is 0 Å². The Kier molecular flexibility index (Phi) is 3.90. The third kappa shape index (κ3) is 3.84. The first-order chi connectivity index (χ1) is 7.09. The normalized spacial score (nSPS) is 11.1. The van der Waals surface area contributed by atoms with Crippen LogP contribution in [0, 0.1) is 11.8 Å². The third-order valence-electron chi connectivity index (χ3n) is 1.65. The highest BCUT2D eigenvalue weighted by Gasteiger charge is 1.99. The van der Waals surface area contributed by atoms with E-state index in [1.54, 1.807) is 19.1 Å². The quantitative estimate of drug-likeness (QED) is 0.677. The first-order valence-corrected chi connectivity index (χ1v) is 4.66. The zero-order valence-electron chi connectivity index (χ0n) is 8.74. The van der Waals surface area contributed by atoms with Crippen LogP contribution in [0.5, 0.6) is 0 Å². The number of hydrogen-bond donors (Lipinski definition) is 2. The average molecular weight is 203 g/mol. The van der Waals surface area contributed by atoms with Gasteiger partial charge in [0.2, 0.25) is 5.91 Å². The lowest BCUT2D eigenvalue weighted by Crippen LogP contribution is -2.07. The lowest BCUT2D eigenvalue weighted by atomic mass is 10.1. The van der Waals surface area contributed by atoms with Crippen molar-refractivity contribution in [2.45, 2.75) is 20.0 Å². The van der Waals surface area contributed by atoms with Crippen molar-refractivity contribution in [2.24, 2.45) is 0 Å². The number of benzene rings is 1. The van der Waals surface area contributed by atoms with Crippen LogP contribution in [-0.4, -0.2) is 17.1 Å². The summed E-state index contributed by atoms with van der Waals surface area (Å²) in [5, 5.41) is 11.7. The summed E-state index contributed by atoms with van der Waals surface area (Å²) in [6.45, 7) is 3.03. The molecule has 0 bridgehead atoms. The van der Waals surface area contributed by atoms with E-state index in [1.807, 2.05) is 12.1 Å². The van der Waals surface area contributed by atoms with Gasteiger partial charge in [-0.2, -0.15) is 0 Å². The number of aliphatic hydroxyl groups is 1. The number of amides is 1. The zero-order chi connectivity index (χ0) is 11.3. The Balaban J connectivity index is 2.97. The second-order valence-corrected chi connectivity index (χ2v) is 3.17. The van der Waals surface area contributed by atoms with Crippen LogP contribution in [0.1, 0.15) is 19.4 Å². The van der Waals surface area contributed by atoms with Gasteiger partial charge in [0.1, 0.15) is 6.10 Å².